The molecule has 3 aromatic rings. The average Bonchev–Trinajstić information content (AvgIpc) is 3.61. The van der Waals surface area contributed by atoms with Crippen LogP contribution in [0.15, 0.2) is 40.8 Å². The lowest BCUT2D eigenvalue weighted by molar-refractivity contribution is 0.0664. The Morgan fingerprint density at radius 3 is 2.71 bits per heavy atom. The SMILES string of the molecule is C[C@@H]1OCC2(CCN(c3cnc(Sc4ccnc(Nc5ncc(Cl)c(OC[C@H]6CCCO6)n5)c4Cl)cn3)CC2)[C@@H]1N. The van der Waals surface area contributed by atoms with Gasteiger partial charge in [0.2, 0.25) is 11.8 Å². The van der Waals surface area contributed by atoms with Crippen molar-refractivity contribution in [2.45, 2.75) is 60.8 Å². The standard InChI is InChI=1S/C27H32Cl2N8O3S/c1-16-23(30)27(15-40-16)5-8-37(9-6-27)20-12-33-21(13-32-20)41-19-4-7-31-24(22(19)29)35-26-34-11-18(28)25(36-26)39-14-17-3-2-10-38-17/h4,7,11-13,16-17,23H,2-3,5-6,8-10,14-15,30H2,1H3,(H,31,34,35,36)/t16-,17+,23+/m0/s1. The zero-order chi connectivity index (χ0) is 28.4. The van der Waals surface area contributed by atoms with Gasteiger partial charge in [0, 0.05) is 42.2 Å². The van der Waals surface area contributed by atoms with Gasteiger partial charge in [0.25, 0.3) is 0 Å². The summed E-state index contributed by atoms with van der Waals surface area (Å²) >= 11 is 14.4. The van der Waals surface area contributed by atoms with Crippen molar-refractivity contribution in [3.8, 4) is 5.88 Å². The van der Waals surface area contributed by atoms with Gasteiger partial charge in [0.05, 0.1) is 42.4 Å². The molecular weight excluding hydrogens is 587 g/mol. The molecule has 6 rings (SSSR count). The molecule has 3 N–H and O–H groups in total. The third kappa shape index (κ3) is 6.32. The lowest BCUT2D eigenvalue weighted by Gasteiger charge is -2.41. The van der Waals surface area contributed by atoms with E-state index in [1.807, 2.05) is 12.3 Å². The number of hydrogen-bond donors (Lipinski definition) is 2. The van der Waals surface area contributed by atoms with Crippen LogP contribution in [0.1, 0.15) is 32.6 Å². The maximum atomic E-state index is 6.71. The molecule has 0 amide bonds. The molecule has 0 unspecified atom stereocenters. The second-order valence-corrected chi connectivity index (χ2v) is 12.4. The molecule has 11 nitrogen and oxygen atoms in total. The summed E-state index contributed by atoms with van der Waals surface area (Å²) in [6, 6.07) is 1.90. The van der Waals surface area contributed by atoms with Gasteiger partial charge < -0.3 is 30.2 Å². The Labute approximate surface area is 252 Å². The van der Waals surface area contributed by atoms with E-state index in [0.29, 0.717) is 27.5 Å². The molecule has 218 valence electrons. The third-order valence-electron chi connectivity index (χ3n) is 7.98. The smallest absolute Gasteiger partial charge is 0.237 e. The van der Waals surface area contributed by atoms with Gasteiger partial charge in [-0.1, -0.05) is 35.0 Å². The largest absolute Gasteiger partial charge is 0.474 e. The molecule has 14 heteroatoms. The van der Waals surface area contributed by atoms with Gasteiger partial charge >= 0.3 is 0 Å². The minimum absolute atomic E-state index is 0.0428. The Kier molecular flexibility index (Phi) is 8.66. The molecular formula is C27H32Cl2N8O3S. The van der Waals surface area contributed by atoms with Gasteiger partial charge in [0.15, 0.2) is 5.82 Å². The Balaban J connectivity index is 1.08. The fraction of sp³-hybridized carbons (Fsp3) is 0.519. The highest BCUT2D eigenvalue weighted by Crippen LogP contribution is 2.42. The minimum Gasteiger partial charge on any atom is -0.474 e. The Bertz CT molecular complexity index is 1360. The number of hydrogen-bond acceptors (Lipinski definition) is 12. The first kappa shape index (κ1) is 28.6. The highest BCUT2D eigenvalue weighted by molar-refractivity contribution is 7.99. The van der Waals surface area contributed by atoms with Crippen molar-refractivity contribution in [1.82, 2.24) is 24.9 Å². The van der Waals surface area contributed by atoms with Gasteiger partial charge in [-0.3, -0.25) is 0 Å². The highest BCUT2D eigenvalue weighted by Gasteiger charge is 2.47. The van der Waals surface area contributed by atoms with Crippen molar-refractivity contribution in [2.75, 3.05) is 43.1 Å². The number of aromatic nitrogens is 5. The molecule has 3 aromatic heterocycles. The molecule has 3 atom stereocenters. The molecule has 0 bridgehead atoms. The topological polar surface area (TPSA) is 133 Å². The first-order valence-corrected chi connectivity index (χ1v) is 15.3. The maximum Gasteiger partial charge on any atom is 0.237 e. The van der Waals surface area contributed by atoms with Crippen molar-refractivity contribution < 1.29 is 14.2 Å². The van der Waals surface area contributed by atoms with Crippen LogP contribution in [0.3, 0.4) is 0 Å². The number of anilines is 3. The Morgan fingerprint density at radius 2 is 2.00 bits per heavy atom. The molecule has 41 heavy (non-hydrogen) atoms. The molecule has 3 saturated heterocycles. The molecule has 0 radical (unpaired) electrons. The monoisotopic (exact) mass is 618 g/mol. The predicted molar refractivity (Wildman–Crippen MR) is 157 cm³/mol. The molecule has 6 heterocycles. The molecule has 0 saturated carbocycles. The lowest BCUT2D eigenvalue weighted by Crippen LogP contribution is -2.50. The second-order valence-electron chi connectivity index (χ2n) is 10.6. The Morgan fingerprint density at radius 1 is 1.15 bits per heavy atom. The summed E-state index contributed by atoms with van der Waals surface area (Å²) < 4.78 is 17.2. The van der Waals surface area contributed by atoms with Crippen LogP contribution in [0.2, 0.25) is 10.0 Å². The summed E-state index contributed by atoms with van der Waals surface area (Å²) in [7, 11) is 0. The van der Waals surface area contributed by atoms with E-state index < -0.39 is 0 Å². The number of halogens is 2. The zero-order valence-corrected chi connectivity index (χ0v) is 25.0. The molecule has 0 aliphatic carbocycles. The van der Waals surface area contributed by atoms with Crippen LogP contribution in [0, 0.1) is 5.41 Å². The van der Waals surface area contributed by atoms with Gasteiger partial charge in [-0.2, -0.15) is 4.98 Å². The van der Waals surface area contributed by atoms with Gasteiger partial charge in [-0.15, -0.1) is 0 Å². The summed E-state index contributed by atoms with van der Waals surface area (Å²) in [6.07, 6.45) is 10.8. The number of rotatable bonds is 8. The molecule has 0 aromatic carbocycles. The van der Waals surface area contributed by atoms with E-state index in [2.05, 4.69) is 42.1 Å². The molecule has 3 fully saturated rings. The normalized spacial score (nSPS) is 23.7. The van der Waals surface area contributed by atoms with Gasteiger partial charge in [0.1, 0.15) is 22.5 Å². The number of nitrogens with zero attached hydrogens (tertiary/aromatic N) is 6. The molecule has 3 aliphatic heterocycles. The van der Waals surface area contributed by atoms with Crippen LogP contribution < -0.4 is 20.7 Å². The summed E-state index contributed by atoms with van der Waals surface area (Å²) in [5, 5.41) is 4.51. The van der Waals surface area contributed by atoms with Gasteiger partial charge in [-0.05, 0) is 38.7 Å². The predicted octanol–water partition coefficient (Wildman–Crippen LogP) is 4.75. The van der Waals surface area contributed by atoms with E-state index in [0.717, 1.165) is 62.7 Å². The fourth-order valence-electron chi connectivity index (χ4n) is 5.45. The van der Waals surface area contributed by atoms with Crippen LogP contribution in [-0.4, -0.2) is 76.1 Å². The van der Waals surface area contributed by atoms with Gasteiger partial charge in [-0.25, -0.2) is 19.9 Å². The minimum atomic E-state index is 0.0428. The van der Waals surface area contributed by atoms with Crippen LogP contribution in [-0.2, 0) is 9.47 Å². The first-order chi connectivity index (χ1) is 19.9. The third-order valence-corrected chi connectivity index (χ3v) is 9.72. The molecule has 1 spiro atoms. The van der Waals surface area contributed by atoms with E-state index in [-0.39, 0.29) is 35.5 Å². The van der Waals surface area contributed by atoms with Crippen molar-refractivity contribution >= 4 is 52.5 Å². The summed E-state index contributed by atoms with van der Waals surface area (Å²) in [4.78, 5) is 25.3. The van der Waals surface area contributed by atoms with E-state index >= 15 is 0 Å². The van der Waals surface area contributed by atoms with E-state index in [1.165, 1.54) is 18.0 Å². The van der Waals surface area contributed by atoms with E-state index in [9.17, 15) is 0 Å². The first-order valence-electron chi connectivity index (χ1n) is 13.7. The van der Waals surface area contributed by atoms with Crippen LogP contribution in [0.25, 0.3) is 0 Å². The number of nitrogens with one attached hydrogen (secondary N) is 1. The zero-order valence-electron chi connectivity index (χ0n) is 22.6. The van der Waals surface area contributed by atoms with Crippen molar-refractivity contribution in [2.24, 2.45) is 11.1 Å². The summed E-state index contributed by atoms with van der Waals surface area (Å²) in [6.45, 7) is 5.68. The van der Waals surface area contributed by atoms with Crippen molar-refractivity contribution in [1.29, 1.82) is 0 Å². The van der Waals surface area contributed by atoms with Crippen LogP contribution in [0.5, 0.6) is 5.88 Å². The average molecular weight is 620 g/mol. The Hall–Kier alpha value is -2.48. The molecule has 3 aliphatic rings. The maximum absolute atomic E-state index is 6.71. The van der Waals surface area contributed by atoms with Crippen LogP contribution >= 0.6 is 35.0 Å². The lowest BCUT2D eigenvalue weighted by atomic mass is 9.73. The number of piperidine rings is 1. The highest BCUT2D eigenvalue weighted by atomic mass is 35.5. The fourth-order valence-corrected chi connectivity index (χ4v) is 6.62. The van der Waals surface area contributed by atoms with E-state index in [4.69, 9.17) is 43.1 Å². The number of ether oxygens (including phenoxy) is 3. The van der Waals surface area contributed by atoms with Crippen molar-refractivity contribution in [3.63, 3.8) is 0 Å². The second kappa shape index (κ2) is 12.4. The summed E-state index contributed by atoms with van der Waals surface area (Å²) in [5.74, 6) is 1.79. The quantitative estimate of drug-likeness (QED) is 0.360. The number of nitrogens with two attached hydrogens (primary N) is 1. The number of pyridine rings is 1. The van der Waals surface area contributed by atoms with Crippen LogP contribution in [0.4, 0.5) is 17.6 Å². The van der Waals surface area contributed by atoms with Crippen molar-refractivity contribution in [3.05, 3.63) is 40.9 Å². The summed E-state index contributed by atoms with van der Waals surface area (Å²) in [5.41, 5.74) is 6.53. The van der Waals surface area contributed by atoms with E-state index in [1.54, 1.807) is 12.4 Å².